The Morgan fingerprint density at radius 3 is 2.48 bits per heavy atom. The van der Waals surface area contributed by atoms with E-state index in [2.05, 4.69) is 37.4 Å². The second-order valence-corrected chi connectivity index (χ2v) is 6.32. The van der Waals surface area contributed by atoms with Gasteiger partial charge < -0.3 is 14.8 Å². The molecule has 0 bridgehead atoms. The molecule has 0 radical (unpaired) electrons. The van der Waals surface area contributed by atoms with Gasteiger partial charge in [-0.25, -0.2) is 0 Å². The monoisotopic (exact) mass is 289 g/mol. The van der Waals surface area contributed by atoms with Gasteiger partial charge in [0, 0.05) is 6.04 Å². The summed E-state index contributed by atoms with van der Waals surface area (Å²) in [6.07, 6.45) is 6.62. The maximum atomic E-state index is 5.77. The van der Waals surface area contributed by atoms with Crippen molar-refractivity contribution in [1.82, 2.24) is 5.32 Å². The lowest BCUT2D eigenvalue weighted by Gasteiger charge is -2.38. The summed E-state index contributed by atoms with van der Waals surface area (Å²) in [6.45, 7) is 6.85. The first-order chi connectivity index (χ1) is 10.3. The van der Waals surface area contributed by atoms with Crippen molar-refractivity contribution in [1.29, 1.82) is 0 Å². The third kappa shape index (κ3) is 2.76. The SMILES string of the molecule is CCNC(c1ccc2c(c1)OCCO2)C1(CC)CCCC1. The average Bonchev–Trinajstić information content (AvgIpc) is 3.02. The molecule has 1 aliphatic carbocycles. The van der Waals surface area contributed by atoms with Crippen LogP contribution in [0, 0.1) is 5.41 Å². The van der Waals surface area contributed by atoms with Crippen LogP contribution in [-0.4, -0.2) is 19.8 Å². The molecule has 0 spiro atoms. The van der Waals surface area contributed by atoms with E-state index in [-0.39, 0.29) is 0 Å². The minimum Gasteiger partial charge on any atom is -0.486 e. The van der Waals surface area contributed by atoms with Crippen molar-refractivity contribution in [3.05, 3.63) is 23.8 Å². The summed E-state index contributed by atoms with van der Waals surface area (Å²) in [6, 6.07) is 6.91. The van der Waals surface area contributed by atoms with Crippen LogP contribution in [0.5, 0.6) is 11.5 Å². The molecule has 1 fully saturated rings. The topological polar surface area (TPSA) is 30.5 Å². The van der Waals surface area contributed by atoms with Crippen LogP contribution in [0.2, 0.25) is 0 Å². The fourth-order valence-electron chi connectivity index (χ4n) is 4.06. The molecule has 1 atom stereocenters. The van der Waals surface area contributed by atoms with Gasteiger partial charge in [0.1, 0.15) is 13.2 Å². The van der Waals surface area contributed by atoms with Gasteiger partial charge >= 0.3 is 0 Å². The maximum absolute atomic E-state index is 5.77. The first kappa shape index (κ1) is 14.7. The number of hydrogen-bond acceptors (Lipinski definition) is 3. The molecule has 0 amide bonds. The third-order valence-corrected chi connectivity index (χ3v) is 5.22. The molecule has 3 rings (SSSR count). The first-order valence-electron chi connectivity index (χ1n) is 8.42. The van der Waals surface area contributed by atoms with Crippen molar-refractivity contribution < 1.29 is 9.47 Å². The molecule has 0 aromatic heterocycles. The summed E-state index contributed by atoms with van der Waals surface area (Å²) in [7, 11) is 0. The van der Waals surface area contributed by atoms with E-state index in [0.717, 1.165) is 18.0 Å². The van der Waals surface area contributed by atoms with Gasteiger partial charge in [0.15, 0.2) is 11.5 Å². The Morgan fingerprint density at radius 2 is 1.81 bits per heavy atom. The van der Waals surface area contributed by atoms with Crippen molar-refractivity contribution in [2.75, 3.05) is 19.8 Å². The predicted molar refractivity (Wildman–Crippen MR) is 85.0 cm³/mol. The largest absolute Gasteiger partial charge is 0.486 e. The number of ether oxygens (including phenoxy) is 2. The molecule has 0 saturated heterocycles. The number of rotatable bonds is 5. The van der Waals surface area contributed by atoms with Crippen LogP contribution >= 0.6 is 0 Å². The molecule has 3 heteroatoms. The molecular formula is C18H27NO2. The number of nitrogens with one attached hydrogen (secondary N) is 1. The average molecular weight is 289 g/mol. The van der Waals surface area contributed by atoms with Crippen LogP contribution in [0.25, 0.3) is 0 Å². The molecule has 3 nitrogen and oxygen atoms in total. The van der Waals surface area contributed by atoms with E-state index < -0.39 is 0 Å². The van der Waals surface area contributed by atoms with Crippen molar-refractivity contribution in [3.63, 3.8) is 0 Å². The summed E-state index contributed by atoms with van der Waals surface area (Å²) >= 11 is 0. The molecule has 1 aromatic carbocycles. The molecule has 1 aromatic rings. The van der Waals surface area contributed by atoms with E-state index >= 15 is 0 Å². The van der Waals surface area contributed by atoms with E-state index in [4.69, 9.17) is 9.47 Å². The van der Waals surface area contributed by atoms with Crippen molar-refractivity contribution in [3.8, 4) is 11.5 Å². The lowest BCUT2D eigenvalue weighted by molar-refractivity contribution is 0.168. The van der Waals surface area contributed by atoms with Gasteiger partial charge in [-0.3, -0.25) is 0 Å². The summed E-state index contributed by atoms with van der Waals surface area (Å²) in [5, 5.41) is 3.74. The van der Waals surface area contributed by atoms with Crippen LogP contribution in [-0.2, 0) is 0 Å². The smallest absolute Gasteiger partial charge is 0.161 e. The van der Waals surface area contributed by atoms with Gasteiger partial charge in [-0.1, -0.05) is 32.8 Å². The van der Waals surface area contributed by atoms with Gasteiger partial charge in [-0.15, -0.1) is 0 Å². The molecule has 116 valence electrons. The molecule has 21 heavy (non-hydrogen) atoms. The van der Waals surface area contributed by atoms with Crippen molar-refractivity contribution in [2.45, 2.75) is 52.0 Å². The highest BCUT2D eigenvalue weighted by molar-refractivity contribution is 5.45. The highest BCUT2D eigenvalue weighted by atomic mass is 16.6. The zero-order valence-electron chi connectivity index (χ0n) is 13.3. The van der Waals surface area contributed by atoms with Crippen LogP contribution in [0.3, 0.4) is 0 Å². The summed E-state index contributed by atoms with van der Waals surface area (Å²) in [5.74, 6) is 1.79. The molecule has 1 aliphatic heterocycles. The van der Waals surface area contributed by atoms with E-state index in [0.29, 0.717) is 24.7 Å². The Kier molecular flexibility index (Phi) is 4.39. The van der Waals surface area contributed by atoms with Crippen molar-refractivity contribution in [2.24, 2.45) is 5.41 Å². The first-order valence-corrected chi connectivity index (χ1v) is 8.42. The van der Waals surface area contributed by atoms with Gasteiger partial charge in [-0.05, 0) is 48.9 Å². The predicted octanol–water partition coefficient (Wildman–Crippen LogP) is 4.08. The zero-order chi connectivity index (χ0) is 14.7. The van der Waals surface area contributed by atoms with Gasteiger partial charge in [0.05, 0.1) is 0 Å². The van der Waals surface area contributed by atoms with Crippen LogP contribution in [0.15, 0.2) is 18.2 Å². The Morgan fingerprint density at radius 1 is 1.10 bits per heavy atom. The Labute approximate surface area is 128 Å². The minimum atomic E-state index is 0.403. The third-order valence-electron chi connectivity index (χ3n) is 5.22. The van der Waals surface area contributed by atoms with E-state index in [1.165, 1.54) is 37.7 Å². The molecule has 1 N–H and O–H groups in total. The summed E-state index contributed by atoms with van der Waals surface area (Å²) in [5.41, 5.74) is 1.75. The zero-order valence-corrected chi connectivity index (χ0v) is 13.3. The molecule has 2 aliphatic rings. The molecular weight excluding hydrogens is 262 g/mol. The maximum Gasteiger partial charge on any atom is 0.161 e. The summed E-state index contributed by atoms with van der Waals surface area (Å²) < 4.78 is 11.4. The van der Waals surface area contributed by atoms with E-state index in [1.54, 1.807) is 0 Å². The Balaban J connectivity index is 1.93. The number of hydrogen-bond donors (Lipinski definition) is 1. The van der Waals surface area contributed by atoms with Crippen LogP contribution in [0.1, 0.15) is 57.6 Å². The highest BCUT2D eigenvalue weighted by Crippen LogP contribution is 2.50. The second kappa shape index (κ2) is 6.27. The Bertz CT molecular complexity index is 480. The number of benzene rings is 1. The number of fused-ring (bicyclic) bond motifs is 1. The lowest BCUT2D eigenvalue weighted by Crippen LogP contribution is -2.36. The van der Waals surface area contributed by atoms with Crippen molar-refractivity contribution >= 4 is 0 Å². The lowest BCUT2D eigenvalue weighted by atomic mass is 9.73. The Hall–Kier alpha value is -1.22. The van der Waals surface area contributed by atoms with Gasteiger partial charge in [0.25, 0.3) is 0 Å². The normalized spacial score (nSPS) is 21.2. The van der Waals surface area contributed by atoms with Crippen LogP contribution < -0.4 is 14.8 Å². The van der Waals surface area contributed by atoms with Gasteiger partial charge in [0.2, 0.25) is 0 Å². The molecule has 1 heterocycles. The minimum absolute atomic E-state index is 0.403. The molecule has 1 unspecified atom stereocenters. The van der Waals surface area contributed by atoms with Gasteiger partial charge in [-0.2, -0.15) is 0 Å². The standard InChI is InChI=1S/C18H27NO2/c1-3-18(9-5-6-10-18)17(19-4-2)14-7-8-15-16(13-14)21-12-11-20-15/h7-8,13,17,19H,3-6,9-12H2,1-2H3. The quantitative estimate of drug-likeness (QED) is 0.886. The van der Waals surface area contributed by atoms with Crippen LogP contribution in [0.4, 0.5) is 0 Å². The fourth-order valence-corrected chi connectivity index (χ4v) is 4.06. The summed E-state index contributed by atoms with van der Waals surface area (Å²) in [4.78, 5) is 0. The highest BCUT2D eigenvalue weighted by Gasteiger charge is 2.40. The second-order valence-electron chi connectivity index (χ2n) is 6.32. The fraction of sp³-hybridized carbons (Fsp3) is 0.667. The molecule has 1 saturated carbocycles. The van der Waals surface area contributed by atoms with E-state index in [9.17, 15) is 0 Å². The van der Waals surface area contributed by atoms with E-state index in [1.807, 2.05) is 0 Å².